The first kappa shape index (κ1) is 8.56. The van der Waals surface area contributed by atoms with Gasteiger partial charge >= 0.3 is 0 Å². The summed E-state index contributed by atoms with van der Waals surface area (Å²) in [7, 11) is 0. The van der Waals surface area contributed by atoms with Crippen molar-refractivity contribution < 1.29 is 0 Å². The summed E-state index contributed by atoms with van der Waals surface area (Å²) in [6, 6.07) is 0. The van der Waals surface area contributed by atoms with E-state index < -0.39 is 0 Å². The Kier molecular flexibility index (Phi) is 4.22. The first-order valence-electron chi connectivity index (χ1n) is 2.81. The van der Waals surface area contributed by atoms with E-state index in [1.54, 1.807) is 5.41 Å². The Morgan fingerprint density at radius 1 is 1.89 bits per heavy atom. The number of thiol groups is 1. The van der Waals surface area contributed by atoms with Gasteiger partial charge in [-0.3, -0.25) is 5.41 Å². The molecule has 0 aliphatic rings. The van der Waals surface area contributed by atoms with Crippen LogP contribution in [0.2, 0.25) is 0 Å². The molecule has 0 saturated heterocycles. The average Bonchev–Trinajstić information content (AvgIpc) is 1.82. The molecule has 0 aromatic carbocycles. The van der Waals surface area contributed by atoms with E-state index in [2.05, 4.69) is 12.6 Å². The highest BCUT2D eigenvalue weighted by atomic mass is 32.1. The largest absolute Gasteiger partial charge is 0.387 e. The minimum absolute atomic E-state index is 0.147. The molecule has 9 heavy (non-hydrogen) atoms. The van der Waals surface area contributed by atoms with Gasteiger partial charge in [0, 0.05) is 5.92 Å². The van der Waals surface area contributed by atoms with E-state index in [0.29, 0.717) is 0 Å². The summed E-state index contributed by atoms with van der Waals surface area (Å²) < 4.78 is 0. The molecular formula is C6H12N2S. The molecule has 0 radical (unpaired) electrons. The molecule has 0 amide bonds. The Balaban J connectivity index is 3.50. The number of amidine groups is 1. The number of hydrogen-bond donors (Lipinski definition) is 3. The summed E-state index contributed by atoms with van der Waals surface area (Å²) in [4.78, 5) is 0. The predicted octanol–water partition coefficient (Wildman–Crippen LogP) is 1.39. The van der Waals surface area contributed by atoms with E-state index in [1.165, 1.54) is 0 Å². The maximum Gasteiger partial charge on any atom is 0.0937 e. The minimum atomic E-state index is 0.147. The molecular weight excluding hydrogens is 132 g/mol. The monoisotopic (exact) mass is 144 g/mol. The molecule has 52 valence electrons. The van der Waals surface area contributed by atoms with E-state index in [1.807, 2.05) is 13.0 Å². The van der Waals surface area contributed by atoms with Crippen LogP contribution in [0.5, 0.6) is 0 Å². The van der Waals surface area contributed by atoms with Crippen molar-refractivity contribution in [3.63, 3.8) is 0 Å². The molecule has 0 aliphatic carbocycles. The van der Waals surface area contributed by atoms with E-state index >= 15 is 0 Å². The molecule has 0 heterocycles. The van der Waals surface area contributed by atoms with Crippen LogP contribution in [0.3, 0.4) is 0 Å². The Morgan fingerprint density at radius 3 is 2.78 bits per heavy atom. The van der Waals surface area contributed by atoms with E-state index in [9.17, 15) is 0 Å². The SMILES string of the molecule is CC(C/C=C/S)C(=N)N. The third kappa shape index (κ3) is 4.09. The molecule has 0 rings (SSSR count). The molecule has 0 aromatic rings. The van der Waals surface area contributed by atoms with Crippen LogP contribution in [-0.4, -0.2) is 5.84 Å². The number of rotatable bonds is 3. The lowest BCUT2D eigenvalue weighted by molar-refractivity contribution is 0.777. The smallest absolute Gasteiger partial charge is 0.0937 e. The van der Waals surface area contributed by atoms with Crippen LogP contribution in [-0.2, 0) is 0 Å². The molecule has 0 spiro atoms. The van der Waals surface area contributed by atoms with Crippen molar-refractivity contribution in [3.8, 4) is 0 Å². The van der Waals surface area contributed by atoms with Crippen molar-refractivity contribution in [2.75, 3.05) is 0 Å². The van der Waals surface area contributed by atoms with E-state index in [4.69, 9.17) is 11.1 Å². The first-order valence-corrected chi connectivity index (χ1v) is 3.33. The fraction of sp³-hybridized carbons (Fsp3) is 0.500. The van der Waals surface area contributed by atoms with Crippen LogP contribution >= 0.6 is 12.6 Å². The molecule has 3 heteroatoms. The summed E-state index contributed by atoms with van der Waals surface area (Å²) in [5.41, 5.74) is 5.20. The lowest BCUT2D eigenvalue weighted by Crippen LogP contribution is -2.18. The molecule has 1 unspecified atom stereocenters. The van der Waals surface area contributed by atoms with Gasteiger partial charge in [-0.05, 0) is 11.8 Å². The van der Waals surface area contributed by atoms with Crippen LogP contribution in [0.4, 0.5) is 0 Å². The highest BCUT2D eigenvalue weighted by molar-refractivity contribution is 7.83. The molecule has 0 aromatic heterocycles. The second-order valence-corrected chi connectivity index (χ2v) is 2.28. The van der Waals surface area contributed by atoms with Crippen LogP contribution in [0, 0.1) is 11.3 Å². The van der Waals surface area contributed by atoms with Gasteiger partial charge in [-0.2, -0.15) is 12.6 Å². The summed E-state index contributed by atoms with van der Waals surface area (Å²) in [6.07, 6.45) is 2.69. The van der Waals surface area contributed by atoms with Crippen molar-refractivity contribution >= 4 is 18.5 Å². The number of allylic oxidation sites excluding steroid dienone is 1. The van der Waals surface area contributed by atoms with Gasteiger partial charge in [0.15, 0.2) is 0 Å². The molecule has 2 nitrogen and oxygen atoms in total. The maximum atomic E-state index is 7.00. The van der Waals surface area contributed by atoms with Gasteiger partial charge in [0.05, 0.1) is 5.84 Å². The summed E-state index contributed by atoms with van der Waals surface area (Å²) in [6.45, 7) is 1.91. The van der Waals surface area contributed by atoms with Crippen molar-refractivity contribution in [1.82, 2.24) is 0 Å². The second kappa shape index (κ2) is 4.44. The molecule has 0 bridgehead atoms. The van der Waals surface area contributed by atoms with Crippen LogP contribution in [0.1, 0.15) is 13.3 Å². The number of nitrogens with one attached hydrogen (secondary N) is 1. The van der Waals surface area contributed by atoms with Gasteiger partial charge in [0.25, 0.3) is 0 Å². The molecule has 0 aliphatic heterocycles. The van der Waals surface area contributed by atoms with E-state index in [0.717, 1.165) is 6.42 Å². The van der Waals surface area contributed by atoms with E-state index in [-0.39, 0.29) is 11.8 Å². The zero-order valence-corrected chi connectivity index (χ0v) is 6.36. The molecule has 3 N–H and O–H groups in total. The lowest BCUT2D eigenvalue weighted by Gasteiger charge is -2.03. The van der Waals surface area contributed by atoms with Crippen LogP contribution < -0.4 is 5.73 Å². The van der Waals surface area contributed by atoms with Gasteiger partial charge < -0.3 is 5.73 Å². The van der Waals surface area contributed by atoms with Gasteiger partial charge in [-0.25, -0.2) is 0 Å². The quantitative estimate of drug-likeness (QED) is 0.313. The third-order valence-corrected chi connectivity index (χ3v) is 1.34. The first-order chi connectivity index (χ1) is 4.18. The summed E-state index contributed by atoms with van der Waals surface area (Å²) >= 11 is 3.87. The average molecular weight is 144 g/mol. The van der Waals surface area contributed by atoms with Gasteiger partial charge in [0.2, 0.25) is 0 Å². The topological polar surface area (TPSA) is 49.9 Å². The Labute approximate surface area is 61.1 Å². The zero-order chi connectivity index (χ0) is 7.28. The minimum Gasteiger partial charge on any atom is -0.387 e. The predicted molar refractivity (Wildman–Crippen MR) is 43.8 cm³/mol. The lowest BCUT2D eigenvalue weighted by atomic mass is 10.1. The fourth-order valence-electron chi connectivity index (χ4n) is 0.392. The maximum absolute atomic E-state index is 7.00. The van der Waals surface area contributed by atoms with Gasteiger partial charge in [0.1, 0.15) is 0 Å². The van der Waals surface area contributed by atoms with Crippen molar-refractivity contribution in [2.45, 2.75) is 13.3 Å². The van der Waals surface area contributed by atoms with Crippen LogP contribution in [0.15, 0.2) is 11.5 Å². The summed E-state index contributed by atoms with van der Waals surface area (Å²) in [5, 5.41) is 8.66. The van der Waals surface area contributed by atoms with Crippen molar-refractivity contribution in [1.29, 1.82) is 5.41 Å². The Hall–Kier alpha value is -0.440. The molecule has 0 fully saturated rings. The highest BCUT2D eigenvalue weighted by Gasteiger charge is 2.00. The highest BCUT2D eigenvalue weighted by Crippen LogP contribution is 2.01. The van der Waals surface area contributed by atoms with Gasteiger partial charge in [-0.1, -0.05) is 13.0 Å². The Bertz CT molecular complexity index is 120. The van der Waals surface area contributed by atoms with Gasteiger partial charge in [-0.15, -0.1) is 0 Å². The van der Waals surface area contributed by atoms with Crippen LogP contribution in [0.25, 0.3) is 0 Å². The zero-order valence-electron chi connectivity index (χ0n) is 5.46. The fourth-order valence-corrected chi connectivity index (χ4v) is 0.514. The Morgan fingerprint density at radius 2 is 2.44 bits per heavy atom. The third-order valence-electron chi connectivity index (χ3n) is 1.13. The second-order valence-electron chi connectivity index (χ2n) is 1.98. The standard InChI is InChI=1S/C6H12N2S/c1-5(6(7)8)3-2-4-9/h2,4-5,9H,3H2,1H3,(H3,7,8)/b4-2+. The summed E-state index contributed by atoms with van der Waals surface area (Å²) in [5.74, 6) is 0.384. The van der Waals surface area contributed by atoms with Crippen molar-refractivity contribution in [3.05, 3.63) is 11.5 Å². The number of hydrogen-bond acceptors (Lipinski definition) is 2. The van der Waals surface area contributed by atoms with Crippen molar-refractivity contribution in [2.24, 2.45) is 11.7 Å². The molecule has 1 atom stereocenters. The number of nitrogens with two attached hydrogens (primary N) is 1. The normalized spacial score (nSPS) is 14.0. The molecule has 0 saturated carbocycles.